The smallest absolute Gasteiger partial charge is 0.242 e. The summed E-state index contributed by atoms with van der Waals surface area (Å²) >= 11 is 12.0. The van der Waals surface area contributed by atoms with Gasteiger partial charge in [0.25, 0.3) is 0 Å². The normalized spacial score (nSPS) is 12.9. The lowest BCUT2D eigenvalue weighted by atomic mass is 10.1. The van der Waals surface area contributed by atoms with Gasteiger partial charge in [-0.3, -0.25) is 9.59 Å². The number of rotatable bonds is 8. The van der Waals surface area contributed by atoms with Gasteiger partial charge in [-0.1, -0.05) is 54.4 Å². The molecule has 2 aromatic carbocycles. The molecular weight excluding hydrogens is 414 g/mol. The Balaban J connectivity index is 2.27. The number of hydrogen-bond donors (Lipinski definition) is 1. The van der Waals surface area contributed by atoms with Crippen LogP contribution in [-0.2, 0) is 22.6 Å². The van der Waals surface area contributed by atoms with Gasteiger partial charge in [-0.05, 0) is 44.0 Å². The van der Waals surface area contributed by atoms with Crippen molar-refractivity contribution in [3.05, 3.63) is 69.5 Å². The SMILES string of the molecule is CC[C@H](C)NC(=O)[C@@H](C)N(Cc1ccccc1F)C(=O)Cc1ccc(Cl)c(Cl)c1. The second-order valence-corrected chi connectivity index (χ2v) is 7.85. The lowest BCUT2D eigenvalue weighted by molar-refractivity contribution is -0.140. The summed E-state index contributed by atoms with van der Waals surface area (Å²) in [7, 11) is 0. The van der Waals surface area contributed by atoms with Crippen LogP contribution in [0.3, 0.4) is 0 Å². The molecule has 1 N–H and O–H groups in total. The third-order valence-corrected chi connectivity index (χ3v) is 5.55. The van der Waals surface area contributed by atoms with Crippen LogP contribution >= 0.6 is 23.2 Å². The molecule has 0 heterocycles. The Hall–Kier alpha value is -2.11. The first-order valence-corrected chi connectivity index (χ1v) is 10.3. The number of halogens is 3. The fourth-order valence-electron chi connectivity index (χ4n) is 2.78. The molecule has 0 aromatic heterocycles. The van der Waals surface area contributed by atoms with Crippen molar-refractivity contribution < 1.29 is 14.0 Å². The maximum Gasteiger partial charge on any atom is 0.242 e. The minimum Gasteiger partial charge on any atom is -0.352 e. The van der Waals surface area contributed by atoms with E-state index in [1.165, 1.54) is 11.0 Å². The molecule has 156 valence electrons. The molecule has 7 heteroatoms. The molecule has 0 saturated carbocycles. The number of benzene rings is 2. The Morgan fingerprint density at radius 1 is 1.10 bits per heavy atom. The summed E-state index contributed by atoms with van der Waals surface area (Å²) in [6.07, 6.45) is 0.787. The predicted octanol–water partition coefficient (Wildman–Crippen LogP) is 5.01. The van der Waals surface area contributed by atoms with Gasteiger partial charge in [-0.25, -0.2) is 4.39 Å². The largest absolute Gasteiger partial charge is 0.352 e. The van der Waals surface area contributed by atoms with Gasteiger partial charge < -0.3 is 10.2 Å². The first-order chi connectivity index (χ1) is 13.7. The van der Waals surface area contributed by atoms with E-state index in [0.29, 0.717) is 21.2 Å². The first-order valence-electron chi connectivity index (χ1n) is 9.50. The van der Waals surface area contributed by atoms with E-state index in [4.69, 9.17) is 23.2 Å². The molecule has 2 rings (SSSR count). The summed E-state index contributed by atoms with van der Waals surface area (Å²) in [6.45, 7) is 5.48. The number of carbonyl (C=O) groups is 2. The molecule has 0 aliphatic rings. The van der Waals surface area contributed by atoms with Crippen LogP contribution in [0.15, 0.2) is 42.5 Å². The minimum absolute atomic E-state index is 0.0120. The molecule has 0 aliphatic carbocycles. The van der Waals surface area contributed by atoms with Crippen molar-refractivity contribution in [1.29, 1.82) is 0 Å². The van der Waals surface area contributed by atoms with E-state index in [1.807, 2.05) is 13.8 Å². The summed E-state index contributed by atoms with van der Waals surface area (Å²) in [6, 6.07) is 10.4. The van der Waals surface area contributed by atoms with E-state index in [1.54, 1.807) is 43.3 Å². The summed E-state index contributed by atoms with van der Waals surface area (Å²) in [5, 5.41) is 3.62. The van der Waals surface area contributed by atoms with Crippen molar-refractivity contribution in [1.82, 2.24) is 10.2 Å². The highest BCUT2D eigenvalue weighted by Crippen LogP contribution is 2.23. The Morgan fingerprint density at radius 3 is 2.41 bits per heavy atom. The standard InChI is InChI=1S/C22H25Cl2FN2O2/c1-4-14(2)26-22(29)15(3)27(13-17-7-5-6-8-20(17)25)21(28)12-16-9-10-18(23)19(24)11-16/h5-11,14-15H,4,12-13H2,1-3H3,(H,26,29)/t14-,15+/m0/s1. The highest BCUT2D eigenvalue weighted by atomic mass is 35.5. The van der Waals surface area contributed by atoms with Crippen molar-refractivity contribution in [3.8, 4) is 0 Å². The van der Waals surface area contributed by atoms with Crippen molar-refractivity contribution in [2.24, 2.45) is 0 Å². The number of hydrogen-bond acceptors (Lipinski definition) is 2. The number of nitrogens with zero attached hydrogens (tertiary/aromatic N) is 1. The fourth-order valence-corrected chi connectivity index (χ4v) is 3.10. The van der Waals surface area contributed by atoms with Gasteiger partial charge in [0.2, 0.25) is 11.8 Å². The molecule has 0 spiro atoms. The van der Waals surface area contributed by atoms with E-state index in [-0.39, 0.29) is 30.8 Å². The third kappa shape index (κ3) is 6.44. The van der Waals surface area contributed by atoms with Crippen LogP contribution in [0.2, 0.25) is 10.0 Å². The summed E-state index contributed by atoms with van der Waals surface area (Å²) in [5.74, 6) is -1.01. The Kier molecular flexibility index (Phi) is 8.47. The van der Waals surface area contributed by atoms with E-state index in [0.717, 1.165) is 6.42 Å². The second-order valence-electron chi connectivity index (χ2n) is 7.03. The van der Waals surface area contributed by atoms with Gasteiger partial charge in [-0.2, -0.15) is 0 Å². The molecule has 4 nitrogen and oxygen atoms in total. The Labute approximate surface area is 181 Å². The van der Waals surface area contributed by atoms with Gasteiger partial charge in [0.05, 0.1) is 16.5 Å². The Morgan fingerprint density at radius 2 is 1.79 bits per heavy atom. The molecule has 0 bridgehead atoms. The van der Waals surface area contributed by atoms with Gasteiger partial charge >= 0.3 is 0 Å². The lowest BCUT2D eigenvalue weighted by Crippen LogP contribution is -2.50. The summed E-state index contributed by atoms with van der Waals surface area (Å²) in [5.41, 5.74) is 1.01. The zero-order valence-electron chi connectivity index (χ0n) is 16.7. The molecule has 0 unspecified atom stereocenters. The maximum absolute atomic E-state index is 14.2. The van der Waals surface area contributed by atoms with Crippen LogP contribution in [0.4, 0.5) is 4.39 Å². The lowest BCUT2D eigenvalue weighted by Gasteiger charge is -2.30. The van der Waals surface area contributed by atoms with Crippen LogP contribution in [0.1, 0.15) is 38.3 Å². The van der Waals surface area contributed by atoms with Crippen LogP contribution in [0.25, 0.3) is 0 Å². The summed E-state index contributed by atoms with van der Waals surface area (Å²) < 4.78 is 14.2. The van der Waals surface area contributed by atoms with E-state index < -0.39 is 11.9 Å². The average Bonchev–Trinajstić information content (AvgIpc) is 2.69. The molecule has 2 atom stereocenters. The second kappa shape index (κ2) is 10.6. The van der Waals surface area contributed by atoms with Crippen molar-refractivity contribution >= 4 is 35.0 Å². The topological polar surface area (TPSA) is 49.4 Å². The van der Waals surface area contributed by atoms with Crippen LogP contribution in [-0.4, -0.2) is 28.8 Å². The zero-order valence-corrected chi connectivity index (χ0v) is 18.2. The predicted molar refractivity (Wildman–Crippen MR) is 114 cm³/mol. The zero-order chi connectivity index (χ0) is 21.6. The van der Waals surface area contributed by atoms with E-state index in [2.05, 4.69) is 5.32 Å². The van der Waals surface area contributed by atoms with Crippen molar-refractivity contribution in [3.63, 3.8) is 0 Å². The van der Waals surface area contributed by atoms with Gasteiger partial charge in [0, 0.05) is 18.2 Å². The summed E-state index contributed by atoms with van der Waals surface area (Å²) in [4.78, 5) is 27.1. The van der Waals surface area contributed by atoms with Crippen molar-refractivity contribution in [2.75, 3.05) is 0 Å². The number of nitrogens with one attached hydrogen (secondary N) is 1. The quantitative estimate of drug-likeness (QED) is 0.629. The van der Waals surface area contributed by atoms with Gasteiger partial charge in [0.15, 0.2) is 0 Å². The van der Waals surface area contributed by atoms with Crippen LogP contribution < -0.4 is 5.32 Å². The average molecular weight is 439 g/mol. The molecule has 2 amide bonds. The highest BCUT2D eigenvalue weighted by Gasteiger charge is 2.27. The first kappa shape index (κ1) is 23.2. The molecular formula is C22H25Cl2FN2O2. The number of amides is 2. The highest BCUT2D eigenvalue weighted by molar-refractivity contribution is 6.42. The molecule has 29 heavy (non-hydrogen) atoms. The van der Waals surface area contributed by atoms with Gasteiger partial charge in [0.1, 0.15) is 11.9 Å². The monoisotopic (exact) mass is 438 g/mol. The van der Waals surface area contributed by atoms with E-state index in [9.17, 15) is 14.0 Å². The molecule has 0 saturated heterocycles. The van der Waals surface area contributed by atoms with Crippen molar-refractivity contribution in [2.45, 2.75) is 52.2 Å². The Bertz CT molecular complexity index is 876. The minimum atomic E-state index is -0.765. The molecule has 0 aliphatic heterocycles. The molecule has 0 fully saturated rings. The molecule has 2 aromatic rings. The van der Waals surface area contributed by atoms with E-state index >= 15 is 0 Å². The van der Waals surface area contributed by atoms with Crippen LogP contribution in [0, 0.1) is 5.82 Å². The van der Waals surface area contributed by atoms with Gasteiger partial charge in [-0.15, -0.1) is 0 Å². The third-order valence-electron chi connectivity index (χ3n) is 4.81. The molecule has 0 radical (unpaired) electrons. The number of carbonyl (C=O) groups excluding carboxylic acids is 2. The fraction of sp³-hybridized carbons (Fsp3) is 0.364. The van der Waals surface area contributed by atoms with Crippen LogP contribution in [0.5, 0.6) is 0 Å². The maximum atomic E-state index is 14.2.